The van der Waals surface area contributed by atoms with E-state index in [4.69, 9.17) is 0 Å². The van der Waals surface area contributed by atoms with E-state index in [-0.39, 0.29) is 11.3 Å². The molecule has 0 spiro atoms. The summed E-state index contributed by atoms with van der Waals surface area (Å²) >= 11 is 0. The minimum Gasteiger partial charge on any atom is -0.507 e. The molecule has 1 unspecified atom stereocenters. The maximum atomic E-state index is 11.3. The number of hydrogen-bond donors (Lipinski definition) is 2. The summed E-state index contributed by atoms with van der Waals surface area (Å²) in [4.78, 5) is 11.3. The van der Waals surface area contributed by atoms with Crippen molar-refractivity contribution in [3.05, 3.63) is 29.3 Å². The van der Waals surface area contributed by atoms with E-state index < -0.39 is 5.97 Å². The van der Waals surface area contributed by atoms with E-state index in [0.29, 0.717) is 12.3 Å². The lowest BCUT2D eigenvalue weighted by Gasteiger charge is -2.14. The Kier molecular flexibility index (Phi) is 13.5. The summed E-state index contributed by atoms with van der Waals surface area (Å²) in [5.74, 6) is -0.730. The van der Waals surface area contributed by atoms with Crippen molar-refractivity contribution >= 4 is 5.97 Å². The Morgan fingerprint density at radius 2 is 1.36 bits per heavy atom. The zero-order valence-electron chi connectivity index (χ0n) is 18.2. The fourth-order valence-electron chi connectivity index (χ4n) is 3.99. The Labute approximate surface area is 172 Å². The number of carboxylic acids is 1. The van der Waals surface area contributed by atoms with E-state index >= 15 is 0 Å². The molecular weight excluding hydrogens is 348 g/mol. The number of unbranched alkanes of at least 4 members (excludes halogenated alkanes) is 12. The highest BCUT2D eigenvalue weighted by atomic mass is 16.4. The van der Waals surface area contributed by atoms with E-state index in [1.807, 2.05) is 6.07 Å². The quantitative estimate of drug-likeness (QED) is 0.267. The third-order valence-electron chi connectivity index (χ3n) is 5.71. The molecule has 1 aromatic carbocycles. The van der Waals surface area contributed by atoms with Gasteiger partial charge in [0.1, 0.15) is 11.3 Å². The van der Waals surface area contributed by atoms with Crippen molar-refractivity contribution in [2.24, 2.45) is 5.92 Å². The lowest BCUT2D eigenvalue weighted by molar-refractivity contribution is 0.0692. The first-order chi connectivity index (χ1) is 13.6. The van der Waals surface area contributed by atoms with Gasteiger partial charge in [-0.05, 0) is 24.0 Å². The fraction of sp³-hybridized carbons (Fsp3) is 0.720. The number of aromatic hydroxyl groups is 1. The molecule has 0 aliphatic rings. The molecule has 0 saturated heterocycles. The van der Waals surface area contributed by atoms with Crippen LogP contribution in [0.3, 0.4) is 0 Å². The molecule has 3 heteroatoms. The first kappa shape index (κ1) is 24.5. The van der Waals surface area contributed by atoms with Crippen molar-refractivity contribution in [1.82, 2.24) is 0 Å². The second kappa shape index (κ2) is 15.4. The number of carbonyl (C=O) groups is 1. The zero-order chi connectivity index (χ0) is 20.6. The van der Waals surface area contributed by atoms with Crippen LogP contribution in [0.4, 0.5) is 0 Å². The molecule has 160 valence electrons. The SMILES string of the molecule is CCCCCCCCCCCCCCCC(C)Cc1cccc(O)c1C(=O)O. The Morgan fingerprint density at radius 3 is 1.86 bits per heavy atom. The number of benzene rings is 1. The van der Waals surface area contributed by atoms with Crippen molar-refractivity contribution < 1.29 is 15.0 Å². The van der Waals surface area contributed by atoms with Crippen LogP contribution in [-0.2, 0) is 6.42 Å². The van der Waals surface area contributed by atoms with Gasteiger partial charge in [-0.2, -0.15) is 0 Å². The molecule has 1 atom stereocenters. The van der Waals surface area contributed by atoms with Gasteiger partial charge in [0.15, 0.2) is 0 Å². The second-order valence-corrected chi connectivity index (χ2v) is 8.46. The van der Waals surface area contributed by atoms with Gasteiger partial charge in [0.25, 0.3) is 0 Å². The molecule has 1 rings (SSSR count). The number of carboxylic acid groups (broad SMARTS) is 1. The molecule has 0 amide bonds. The van der Waals surface area contributed by atoms with Gasteiger partial charge in [0.2, 0.25) is 0 Å². The molecule has 1 aromatic rings. The van der Waals surface area contributed by atoms with Gasteiger partial charge >= 0.3 is 5.97 Å². The first-order valence-corrected chi connectivity index (χ1v) is 11.6. The van der Waals surface area contributed by atoms with Crippen LogP contribution in [0.15, 0.2) is 18.2 Å². The van der Waals surface area contributed by atoms with Crippen molar-refractivity contribution in [2.45, 2.75) is 110 Å². The van der Waals surface area contributed by atoms with Crippen molar-refractivity contribution in [3.63, 3.8) is 0 Å². The maximum Gasteiger partial charge on any atom is 0.339 e. The molecule has 0 aromatic heterocycles. The van der Waals surface area contributed by atoms with E-state index in [2.05, 4.69) is 13.8 Å². The smallest absolute Gasteiger partial charge is 0.339 e. The van der Waals surface area contributed by atoms with Crippen molar-refractivity contribution in [1.29, 1.82) is 0 Å². The largest absolute Gasteiger partial charge is 0.507 e. The standard InChI is InChI=1S/C25H42O3/c1-3-4-5-6-7-8-9-10-11-12-13-14-15-17-21(2)20-22-18-16-19-23(26)24(22)25(27)28/h16,18-19,21,26H,3-15,17,20H2,1-2H3,(H,27,28). The van der Waals surface area contributed by atoms with Crippen LogP contribution in [-0.4, -0.2) is 16.2 Å². The molecule has 0 aliphatic heterocycles. The number of rotatable bonds is 17. The van der Waals surface area contributed by atoms with Gasteiger partial charge in [0.05, 0.1) is 0 Å². The van der Waals surface area contributed by atoms with Gasteiger partial charge < -0.3 is 10.2 Å². The van der Waals surface area contributed by atoms with Crippen LogP contribution in [0.2, 0.25) is 0 Å². The summed E-state index contributed by atoms with van der Waals surface area (Å²) in [7, 11) is 0. The lowest BCUT2D eigenvalue weighted by Crippen LogP contribution is -2.07. The molecule has 0 fully saturated rings. The van der Waals surface area contributed by atoms with Crippen LogP contribution in [0.25, 0.3) is 0 Å². The average Bonchev–Trinajstić information content (AvgIpc) is 2.65. The topological polar surface area (TPSA) is 57.5 Å². The highest BCUT2D eigenvalue weighted by Gasteiger charge is 2.16. The summed E-state index contributed by atoms with van der Waals surface area (Å²) in [5.41, 5.74) is 0.814. The Bertz CT molecular complexity index is 539. The van der Waals surface area contributed by atoms with Gasteiger partial charge in [0, 0.05) is 0 Å². The molecule has 2 N–H and O–H groups in total. The monoisotopic (exact) mass is 390 g/mol. The van der Waals surface area contributed by atoms with Crippen LogP contribution in [0, 0.1) is 5.92 Å². The fourth-order valence-corrected chi connectivity index (χ4v) is 3.99. The minimum absolute atomic E-state index is 0.0692. The van der Waals surface area contributed by atoms with Crippen LogP contribution in [0.5, 0.6) is 5.75 Å². The normalized spacial score (nSPS) is 12.2. The summed E-state index contributed by atoms with van der Waals surface area (Å²) in [5, 5.41) is 19.1. The molecule has 0 aliphatic carbocycles. The van der Waals surface area contributed by atoms with Gasteiger partial charge in [-0.15, -0.1) is 0 Å². The number of hydrogen-bond acceptors (Lipinski definition) is 2. The average molecular weight is 391 g/mol. The van der Waals surface area contributed by atoms with Gasteiger partial charge in [-0.25, -0.2) is 4.79 Å². The van der Waals surface area contributed by atoms with Crippen molar-refractivity contribution in [3.8, 4) is 5.75 Å². The second-order valence-electron chi connectivity index (χ2n) is 8.46. The van der Waals surface area contributed by atoms with E-state index in [9.17, 15) is 15.0 Å². The Balaban J connectivity index is 2.04. The van der Waals surface area contributed by atoms with E-state index in [1.165, 1.54) is 89.5 Å². The molecular formula is C25H42O3. The third kappa shape index (κ3) is 10.7. The van der Waals surface area contributed by atoms with E-state index in [0.717, 1.165) is 12.0 Å². The molecule has 0 bridgehead atoms. The van der Waals surface area contributed by atoms with Gasteiger partial charge in [-0.3, -0.25) is 0 Å². The zero-order valence-corrected chi connectivity index (χ0v) is 18.2. The van der Waals surface area contributed by atoms with Crippen LogP contribution in [0.1, 0.15) is 120 Å². The highest BCUT2D eigenvalue weighted by Crippen LogP contribution is 2.25. The van der Waals surface area contributed by atoms with E-state index in [1.54, 1.807) is 6.07 Å². The minimum atomic E-state index is -1.04. The van der Waals surface area contributed by atoms with Crippen molar-refractivity contribution in [2.75, 3.05) is 0 Å². The first-order valence-electron chi connectivity index (χ1n) is 11.6. The molecule has 0 radical (unpaired) electrons. The Morgan fingerprint density at radius 1 is 0.857 bits per heavy atom. The predicted molar refractivity (Wildman–Crippen MR) is 118 cm³/mol. The molecule has 28 heavy (non-hydrogen) atoms. The molecule has 3 nitrogen and oxygen atoms in total. The maximum absolute atomic E-state index is 11.3. The molecule has 0 saturated carbocycles. The van der Waals surface area contributed by atoms with Crippen LogP contribution >= 0.6 is 0 Å². The van der Waals surface area contributed by atoms with Gasteiger partial charge in [-0.1, -0.05) is 116 Å². The summed E-state index contributed by atoms with van der Waals surface area (Å²) < 4.78 is 0. The highest BCUT2D eigenvalue weighted by molar-refractivity contribution is 5.92. The summed E-state index contributed by atoms with van der Waals surface area (Å²) in [6, 6.07) is 5.00. The summed E-state index contributed by atoms with van der Waals surface area (Å²) in [6.45, 7) is 4.45. The molecule has 0 heterocycles. The predicted octanol–water partition coefficient (Wildman–Crippen LogP) is 7.75. The summed E-state index contributed by atoms with van der Waals surface area (Å²) in [6.07, 6.45) is 19.5. The number of phenols is 1. The lowest BCUT2D eigenvalue weighted by atomic mass is 9.92. The third-order valence-corrected chi connectivity index (χ3v) is 5.71. The van der Waals surface area contributed by atoms with Crippen LogP contribution < -0.4 is 0 Å². The number of aromatic carboxylic acids is 1. The Hall–Kier alpha value is -1.51.